The molecule has 0 spiro atoms. The van der Waals surface area contributed by atoms with Crippen LogP contribution in [-0.4, -0.2) is 82.4 Å². The van der Waals surface area contributed by atoms with Gasteiger partial charge in [0.25, 0.3) is 30.4 Å². The Labute approximate surface area is 237 Å². The number of allylic oxidation sites excluding steroid dienone is 5. The molecule has 0 heterocycles. The maximum atomic E-state index is 11.9. The quantitative estimate of drug-likeness (QED) is 0.168. The molecule has 0 fully saturated rings. The molecule has 2 aromatic carbocycles. The molecule has 8 N–H and O–H groups in total. The van der Waals surface area contributed by atoms with Crippen molar-refractivity contribution in [3.63, 3.8) is 0 Å². The molecule has 2 aromatic rings. The Balaban J connectivity index is 0.00000456. The first kappa shape index (κ1) is 30.1. The van der Waals surface area contributed by atoms with Gasteiger partial charge >= 0.3 is 0 Å². The molecule has 2 radical (unpaired) electrons. The zero-order valence-corrected chi connectivity index (χ0v) is 23.2. The zero-order valence-electron chi connectivity index (χ0n) is 18.5. The monoisotopic (exact) mass is 581 g/mol. The second kappa shape index (κ2) is 10.4. The third kappa shape index (κ3) is 6.24. The van der Waals surface area contributed by atoms with Gasteiger partial charge in [0, 0.05) is 37.7 Å². The van der Waals surface area contributed by atoms with Gasteiger partial charge in [-0.2, -0.15) is 25.3 Å². The average Bonchev–Trinajstić information content (AvgIpc) is 2.70. The van der Waals surface area contributed by atoms with Crippen LogP contribution >= 0.6 is 0 Å². The Bertz CT molecular complexity index is 1620. The molecule has 16 heteroatoms. The summed E-state index contributed by atoms with van der Waals surface area (Å²) in [4.78, 5) is -2.12. The van der Waals surface area contributed by atoms with E-state index in [4.69, 9.17) is 16.9 Å². The summed E-state index contributed by atoms with van der Waals surface area (Å²) in [5.74, 6) is 0. The molecule has 0 aliphatic heterocycles. The molecule has 36 heavy (non-hydrogen) atoms. The van der Waals surface area contributed by atoms with Gasteiger partial charge in [0.15, 0.2) is 0 Å². The van der Waals surface area contributed by atoms with Crippen molar-refractivity contribution in [1.29, 1.82) is 5.41 Å². The second-order valence-electron chi connectivity index (χ2n) is 7.47. The molecule has 188 valence electrons. The average molecular weight is 582 g/mol. The van der Waals surface area contributed by atoms with Crippen LogP contribution in [0.1, 0.15) is 18.1 Å². The number of anilines is 2. The van der Waals surface area contributed by atoms with Crippen molar-refractivity contribution in [2.45, 2.75) is 16.7 Å². The van der Waals surface area contributed by atoms with Crippen LogP contribution in [0.15, 0.2) is 74.4 Å². The van der Waals surface area contributed by atoms with Crippen molar-refractivity contribution in [1.82, 2.24) is 0 Å². The SMILES string of the molecule is CC1=CC(=C(c2ccc(N)c(S(=O)(=O)O)c2)c2ccc(N)c(S(=O)(=O)O)c2)C=C(S(=O)(=O)O)C1=N.[Ca]. The van der Waals surface area contributed by atoms with E-state index in [0.29, 0.717) is 0 Å². The number of rotatable bonds is 5. The van der Waals surface area contributed by atoms with E-state index in [1.54, 1.807) is 0 Å². The van der Waals surface area contributed by atoms with E-state index in [1.807, 2.05) is 0 Å². The summed E-state index contributed by atoms with van der Waals surface area (Å²) in [7, 11) is -14.5. The van der Waals surface area contributed by atoms with Gasteiger partial charge in [0.1, 0.15) is 14.7 Å². The third-order valence-corrected chi connectivity index (χ3v) is 7.72. The minimum Gasteiger partial charge on any atom is -0.398 e. The van der Waals surface area contributed by atoms with Crippen LogP contribution < -0.4 is 11.5 Å². The van der Waals surface area contributed by atoms with Crippen molar-refractivity contribution in [2.24, 2.45) is 0 Å². The van der Waals surface area contributed by atoms with Crippen LogP contribution in [0.2, 0.25) is 0 Å². The summed E-state index contributed by atoms with van der Waals surface area (Å²) in [6, 6.07) is 6.88. The van der Waals surface area contributed by atoms with Crippen molar-refractivity contribution < 1.29 is 38.9 Å². The fraction of sp³-hybridized carbons (Fsp3) is 0.0500. The Morgan fingerprint density at radius 3 is 1.53 bits per heavy atom. The summed E-state index contributed by atoms with van der Waals surface area (Å²) in [5, 5.41) is 7.98. The van der Waals surface area contributed by atoms with Crippen molar-refractivity contribution >= 4 is 90.8 Å². The largest absolute Gasteiger partial charge is 0.398 e. The summed E-state index contributed by atoms with van der Waals surface area (Å²) < 4.78 is 99.7. The topological polar surface area (TPSA) is 239 Å². The first-order valence-corrected chi connectivity index (χ1v) is 13.7. The number of benzene rings is 2. The predicted molar refractivity (Wildman–Crippen MR) is 134 cm³/mol. The van der Waals surface area contributed by atoms with Crippen LogP contribution in [0.25, 0.3) is 5.57 Å². The summed E-state index contributed by atoms with van der Waals surface area (Å²) in [6.07, 6.45) is 2.28. The van der Waals surface area contributed by atoms with E-state index in [9.17, 15) is 38.9 Å². The zero-order chi connectivity index (χ0) is 26.5. The Morgan fingerprint density at radius 1 is 0.750 bits per heavy atom. The Kier molecular flexibility index (Phi) is 8.67. The molecule has 0 saturated heterocycles. The number of nitrogens with one attached hydrogen (secondary N) is 1. The molecule has 12 nitrogen and oxygen atoms in total. The van der Waals surface area contributed by atoms with Crippen LogP contribution in [0, 0.1) is 5.41 Å². The van der Waals surface area contributed by atoms with E-state index in [0.717, 1.165) is 30.3 Å². The minimum absolute atomic E-state index is 0. The van der Waals surface area contributed by atoms with Crippen LogP contribution in [0.4, 0.5) is 11.4 Å². The van der Waals surface area contributed by atoms with Crippen LogP contribution in [-0.2, 0) is 30.4 Å². The molecule has 0 unspecified atom stereocenters. The third-order valence-electron chi connectivity index (χ3n) is 5.03. The maximum absolute atomic E-state index is 11.9. The van der Waals surface area contributed by atoms with Crippen LogP contribution in [0.5, 0.6) is 0 Å². The molecule has 0 atom stereocenters. The van der Waals surface area contributed by atoms with Gasteiger partial charge in [0.05, 0.1) is 17.1 Å². The summed E-state index contributed by atoms with van der Waals surface area (Å²) >= 11 is 0. The molecule has 1 aliphatic carbocycles. The maximum Gasteiger partial charge on any atom is 0.296 e. The normalized spacial score (nSPS) is 14.6. The van der Waals surface area contributed by atoms with Gasteiger partial charge in [0.2, 0.25) is 0 Å². The standard InChI is InChI=1S/C20H19N3O9S3.Ca/c1-10-6-13(9-18(20(10)23)35(30,31)32)19(11-2-4-14(21)16(7-11)33(24,25)26)12-3-5-15(22)17(8-12)34(27,28)29;/h2-9,23H,21-22H2,1H3,(H,24,25,26)(H,27,28,29)(H,30,31,32);. The number of hydrogen-bond acceptors (Lipinski definition) is 9. The molecule has 0 bridgehead atoms. The van der Waals surface area contributed by atoms with Crippen molar-refractivity contribution in [2.75, 3.05) is 11.5 Å². The second-order valence-corrected chi connectivity index (χ2v) is 11.6. The fourth-order valence-electron chi connectivity index (χ4n) is 3.43. The van der Waals surface area contributed by atoms with Gasteiger partial charge in [-0.15, -0.1) is 0 Å². The molecule has 0 saturated carbocycles. The van der Waals surface area contributed by atoms with E-state index in [-0.39, 0.29) is 77.0 Å². The van der Waals surface area contributed by atoms with Crippen LogP contribution in [0.3, 0.4) is 0 Å². The molecule has 0 amide bonds. The predicted octanol–water partition coefficient (Wildman–Crippen LogP) is 1.52. The van der Waals surface area contributed by atoms with Crippen molar-refractivity contribution in [3.8, 4) is 0 Å². The smallest absolute Gasteiger partial charge is 0.296 e. The summed E-state index contributed by atoms with van der Waals surface area (Å²) in [5.41, 5.74) is 10.4. The van der Waals surface area contributed by atoms with Crippen molar-refractivity contribution in [3.05, 3.63) is 75.7 Å². The van der Waals surface area contributed by atoms with Gasteiger partial charge in [-0.25, -0.2) is 0 Å². The molecule has 3 rings (SSSR count). The number of hydrogen-bond donors (Lipinski definition) is 6. The number of nitrogen functional groups attached to an aromatic ring is 2. The Morgan fingerprint density at radius 2 is 1.17 bits per heavy atom. The van der Waals surface area contributed by atoms with Gasteiger partial charge < -0.3 is 11.5 Å². The summed E-state index contributed by atoms with van der Waals surface area (Å²) in [6.45, 7) is 1.39. The van der Waals surface area contributed by atoms with E-state index < -0.39 is 50.8 Å². The molecule has 0 aromatic heterocycles. The fourth-order valence-corrected chi connectivity index (χ4v) is 5.41. The van der Waals surface area contributed by atoms with E-state index >= 15 is 0 Å². The van der Waals surface area contributed by atoms with Gasteiger partial charge in [-0.3, -0.25) is 19.1 Å². The van der Waals surface area contributed by atoms with E-state index in [2.05, 4.69) is 0 Å². The molecular formula is C20H19CaN3O9S3. The first-order valence-electron chi connectivity index (χ1n) is 9.37. The molecule has 1 aliphatic rings. The minimum atomic E-state index is -4.87. The Hall–Kier alpha value is -2.08. The molecular weight excluding hydrogens is 563 g/mol. The number of nitrogens with two attached hydrogens (primary N) is 2. The first-order chi connectivity index (χ1) is 15.9. The van der Waals surface area contributed by atoms with E-state index in [1.165, 1.54) is 25.1 Å². The van der Waals surface area contributed by atoms with Gasteiger partial charge in [-0.1, -0.05) is 12.1 Å². The van der Waals surface area contributed by atoms with Gasteiger partial charge in [-0.05, 0) is 71.2 Å².